The van der Waals surface area contributed by atoms with Gasteiger partial charge in [-0.2, -0.15) is 0 Å². The molecule has 2 fully saturated rings. The van der Waals surface area contributed by atoms with Gasteiger partial charge in [-0.3, -0.25) is 0 Å². The minimum Gasteiger partial charge on any atom is -0.0625 e. The minimum atomic E-state index is 1.02. The highest BCUT2D eigenvalue weighted by molar-refractivity contribution is 5.34. The van der Waals surface area contributed by atoms with Crippen LogP contribution in [0.2, 0.25) is 0 Å². The molecule has 2 saturated carbocycles. The maximum absolute atomic E-state index is 2.43. The second kappa shape index (κ2) is 26.8. The molecule has 2 aliphatic rings. The molecule has 0 heterocycles. The molecule has 6 aromatic carbocycles. The molecule has 0 N–H and O–H groups in total. The summed E-state index contributed by atoms with van der Waals surface area (Å²) in [4.78, 5) is 0. The molecule has 63 heavy (non-hydrogen) atoms. The lowest BCUT2D eigenvalue weighted by molar-refractivity contribution is 0.201. The third-order valence-corrected chi connectivity index (χ3v) is 13.9. The third-order valence-electron chi connectivity index (χ3n) is 13.9. The maximum Gasteiger partial charge on any atom is -0.00231 e. The molecule has 0 aliphatic heterocycles. The highest BCUT2D eigenvalue weighted by Gasteiger charge is 2.24. The summed E-state index contributed by atoms with van der Waals surface area (Å²) in [5.74, 6) is 4.24. The van der Waals surface area contributed by atoms with Crippen LogP contribution in [-0.2, 0) is 12.8 Å². The summed E-state index contributed by atoms with van der Waals surface area (Å²) < 4.78 is 0. The van der Waals surface area contributed by atoms with E-state index < -0.39 is 0 Å². The Hall–Kier alpha value is -4.68. The van der Waals surface area contributed by atoms with Crippen LogP contribution in [0.25, 0.3) is 0 Å². The number of aryl methyl sites for hydroxylation is 9. The molecule has 6 aromatic rings. The summed E-state index contributed by atoms with van der Waals surface area (Å²) in [6.07, 6.45) is 15.8. The molecule has 0 unspecified atom stereocenters. The van der Waals surface area contributed by atoms with Crippen LogP contribution in [0.15, 0.2) is 133 Å². The van der Waals surface area contributed by atoms with Gasteiger partial charge >= 0.3 is 0 Å². The van der Waals surface area contributed by atoms with Crippen molar-refractivity contribution in [3.8, 4) is 0 Å². The van der Waals surface area contributed by atoms with Crippen LogP contribution in [0.4, 0.5) is 0 Å². The highest BCUT2D eigenvalue weighted by Crippen LogP contribution is 2.38. The molecule has 336 valence electrons. The second-order valence-electron chi connectivity index (χ2n) is 19.8. The number of hydrogen-bond donors (Lipinski definition) is 0. The van der Waals surface area contributed by atoms with E-state index >= 15 is 0 Å². The highest BCUT2D eigenvalue weighted by atomic mass is 14.3. The van der Waals surface area contributed by atoms with Gasteiger partial charge in [0.05, 0.1) is 0 Å². The molecule has 0 nitrogen and oxygen atoms in total. The van der Waals surface area contributed by atoms with Crippen LogP contribution < -0.4 is 0 Å². The minimum absolute atomic E-state index is 1.02. The second-order valence-corrected chi connectivity index (χ2v) is 19.8. The fourth-order valence-corrected chi connectivity index (χ4v) is 8.77. The lowest BCUT2D eigenvalue weighted by Gasteiger charge is -2.32. The molecule has 0 saturated heterocycles. The van der Waals surface area contributed by atoms with E-state index in [-0.39, 0.29) is 0 Å². The Morgan fingerprint density at radius 3 is 1.10 bits per heavy atom. The summed E-state index contributed by atoms with van der Waals surface area (Å²) in [6.45, 7) is 26.2. The van der Waals surface area contributed by atoms with Crippen molar-refractivity contribution < 1.29 is 0 Å². The van der Waals surface area contributed by atoms with Gasteiger partial charge in [-0.15, -0.1) is 0 Å². The zero-order valence-electron chi connectivity index (χ0n) is 41.8. The van der Waals surface area contributed by atoms with Crippen LogP contribution in [0, 0.1) is 92.9 Å². The molecule has 0 amide bonds. The van der Waals surface area contributed by atoms with Crippen molar-refractivity contribution in [1.82, 2.24) is 0 Å². The van der Waals surface area contributed by atoms with E-state index in [1.165, 1.54) is 129 Å². The molecule has 0 atom stereocenters. The average Bonchev–Trinajstić information content (AvgIpc) is 3.27. The molecule has 0 heteroatoms. The Kier molecular flexibility index (Phi) is 21.7. The van der Waals surface area contributed by atoms with Gasteiger partial charge in [0.25, 0.3) is 0 Å². The first-order chi connectivity index (χ1) is 30.1. The van der Waals surface area contributed by atoms with Gasteiger partial charge in [-0.25, -0.2) is 0 Å². The fraction of sp³-hybridized carbons (Fsp3) is 0.429. The van der Waals surface area contributed by atoms with Gasteiger partial charge in [0, 0.05) is 0 Å². The third kappa shape index (κ3) is 19.3. The molecule has 0 radical (unpaired) electrons. The van der Waals surface area contributed by atoms with Gasteiger partial charge in [-0.1, -0.05) is 221 Å². The monoisotopic (exact) mass is 841 g/mol. The van der Waals surface area contributed by atoms with Crippen LogP contribution in [0.3, 0.4) is 0 Å². The molecular formula is C63H84. The first kappa shape index (κ1) is 51.0. The predicted octanol–water partition coefficient (Wildman–Crippen LogP) is 18.0. The Morgan fingerprint density at radius 1 is 0.333 bits per heavy atom. The number of benzene rings is 6. The largest absolute Gasteiger partial charge is 0.0625 e. The van der Waals surface area contributed by atoms with E-state index in [4.69, 9.17) is 0 Å². The van der Waals surface area contributed by atoms with Crippen molar-refractivity contribution in [2.75, 3.05) is 0 Å². The smallest absolute Gasteiger partial charge is 0.00231 e. The van der Waals surface area contributed by atoms with Crippen LogP contribution in [-0.4, -0.2) is 0 Å². The summed E-state index contributed by atoms with van der Waals surface area (Å²) >= 11 is 0. The number of rotatable bonds is 6. The van der Waals surface area contributed by atoms with E-state index in [0.29, 0.717) is 0 Å². The van der Waals surface area contributed by atoms with E-state index in [0.717, 1.165) is 36.5 Å². The zero-order valence-corrected chi connectivity index (χ0v) is 41.8. The molecule has 2 aliphatic carbocycles. The Labute approximate surface area is 387 Å². The van der Waals surface area contributed by atoms with E-state index in [1.54, 1.807) is 6.42 Å². The topological polar surface area (TPSA) is 0 Å². The Bertz CT molecular complexity index is 2080. The molecular weight excluding hydrogens is 757 g/mol. The van der Waals surface area contributed by atoms with Gasteiger partial charge in [0.1, 0.15) is 0 Å². The molecule has 0 spiro atoms. The van der Waals surface area contributed by atoms with Gasteiger partial charge in [0.15, 0.2) is 0 Å². The molecule has 0 bridgehead atoms. The first-order valence-electron chi connectivity index (χ1n) is 24.4. The van der Waals surface area contributed by atoms with Gasteiger partial charge < -0.3 is 0 Å². The standard InChI is InChI=1S/C15H28.2C15H16.2C9H12/c2*1-12-3-7-14(8-4-12)11-15-9-5-13(2)6-10-15;1-12-7-9-14(10-8-12)11-15-6-4-3-5-13(15)2;1-7-4-5-8(2)9(3)6-7;1-7-5-4-6-8(2)9(7)3/h12-15H,3-11H2,1-2H3;2*3-10H,11H2,1-2H3;2*4-6H,1-3H3. The van der Waals surface area contributed by atoms with Gasteiger partial charge in [-0.05, 0) is 168 Å². The predicted molar refractivity (Wildman–Crippen MR) is 278 cm³/mol. The van der Waals surface area contributed by atoms with Crippen LogP contribution in [0.5, 0.6) is 0 Å². The van der Waals surface area contributed by atoms with Crippen molar-refractivity contribution in [2.24, 2.45) is 23.7 Å². The summed E-state index contributed by atoms with van der Waals surface area (Å²) in [7, 11) is 0. The molecule has 0 aromatic heterocycles. The van der Waals surface area contributed by atoms with Crippen molar-refractivity contribution in [3.05, 3.63) is 211 Å². The Balaban J connectivity index is 0.000000176. The fourth-order valence-electron chi connectivity index (χ4n) is 8.77. The SMILES string of the molecule is CC1CCC(CC2CCC(C)CC2)CC1.Cc1ccc(C)c(C)c1.Cc1ccc(Cc2ccc(C)cc2)cc1.Cc1ccc(Cc2ccccc2C)cc1.Cc1cccc(C)c1C. The Morgan fingerprint density at radius 2 is 0.714 bits per heavy atom. The average molecular weight is 841 g/mol. The quantitative estimate of drug-likeness (QED) is 0.157. The van der Waals surface area contributed by atoms with E-state index in [2.05, 4.69) is 217 Å². The lowest BCUT2D eigenvalue weighted by atomic mass is 9.74. The molecule has 8 rings (SSSR count). The van der Waals surface area contributed by atoms with Crippen molar-refractivity contribution in [3.63, 3.8) is 0 Å². The normalized spacial score (nSPS) is 17.8. The van der Waals surface area contributed by atoms with Crippen LogP contribution in [0.1, 0.15) is 150 Å². The summed E-state index contributed by atoms with van der Waals surface area (Å²) in [6, 6.07) is 47.7. The van der Waals surface area contributed by atoms with E-state index in [1.807, 2.05) is 0 Å². The lowest BCUT2D eigenvalue weighted by Crippen LogP contribution is -2.19. The van der Waals surface area contributed by atoms with Crippen molar-refractivity contribution >= 4 is 0 Å². The summed E-state index contributed by atoms with van der Waals surface area (Å²) in [5.41, 5.74) is 19.2. The zero-order chi connectivity index (χ0) is 45.7. The van der Waals surface area contributed by atoms with Gasteiger partial charge in [0.2, 0.25) is 0 Å². The maximum atomic E-state index is 2.43. The van der Waals surface area contributed by atoms with Crippen molar-refractivity contribution in [1.29, 1.82) is 0 Å². The number of hydrogen-bond acceptors (Lipinski definition) is 0. The first-order valence-corrected chi connectivity index (χ1v) is 24.4. The van der Waals surface area contributed by atoms with E-state index in [9.17, 15) is 0 Å². The summed E-state index contributed by atoms with van der Waals surface area (Å²) in [5, 5.41) is 0. The van der Waals surface area contributed by atoms with Crippen LogP contribution >= 0.6 is 0 Å². The van der Waals surface area contributed by atoms with Crippen molar-refractivity contribution in [2.45, 2.75) is 154 Å².